The van der Waals surface area contributed by atoms with E-state index < -0.39 is 34.9 Å². The van der Waals surface area contributed by atoms with E-state index in [4.69, 9.17) is 0 Å². The minimum atomic E-state index is -4.57. The van der Waals surface area contributed by atoms with Crippen molar-refractivity contribution in [1.82, 2.24) is 0 Å². The van der Waals surface area contributed by atoms with E-state index in [-0.39, 0.29) is 5.75 Å². The van der Waals surface area contributed by atoms with Crippen molar-refractivity contribution in [3.8, 4) is 5.75 Å². The first-order valence-electron chi connectivity index (χ1n) is 9.27. The van der Waals surface area contributed by atoms with Crippen LogP contribution in [0.3, 0.4) is 0 Å². The Morgan fingerprint density at radius 2 is 1.97 bits per heavy atom. The molecule has 3 rings (SSSR count). The molecule has 0 bridgehead atoms. The predicted molar refractivity (Wildman–Crippen MR) is 105 cm³/mol. The van der Waals surface area contributed by atoms with Gasteiger partial charge in [-0.3, -0.25) is 14.9 Å². The van der Waals surface area contributed by atoms with Crippen LogP contribution in [0.25, 0.3) is 0 Å². The Kier molecular flexibility index (Phi) is 6.14. The van der Waals surface area contributed by atoms with E-state index in [1.807, 2.05) is 12.1 Å². The third kappa shape index (κ3) is 5.40. The number of anilines is 2. The predicted octanol–water partition coefficient (Wildman–Crippen LogP) is 4.63. The summed E-state index contributed by atoms with van der Waals surface area (Å²) in [6, 6.07) is 9.91. The largest absolute Gasteiger partial charge is 0.484 e. The van der Waals surface area contributed by atoms with E-state index in [9.17, 15) is 28.1 Å². The summed E-state index contributed by atoms with van der Waals surface area (Å²) < 4.78 is 41.6. The molecule has 0 saturated carbocycles. The van der Waals surface area contributed by atoms with Crippen molar-refractivity contribution in [3.05, 3.63) is 58.1 Å². The van der Waals surface area contributed by atoms with Gasteiger partial charge in [0.25, 0.3) is 11.6 Å². The van der Waals surface area contributed by atoms with E-state index >= 15 is 0 Å². The van der Waals surface area contributed by atoms with Crippen molar-refractivity contribution < 1.29 is 27.6 Å². The molecular formula is C20H20F3N3O4. The highest BCUT2D eigenvalue weighted by Gasteiger charge is 2.29. The minimum Gasteiger partial charge on any atom is -0.484 e. The molecular weight excluding hydrogens is 403 g/mol. The normalized spacial score (nSPS) is 16.4. The first kappa shape index (κ1) is 21.4. The van der Waals surface area contributed by atoms with Gasteiger partial charge in [-0.2, -0.15) is 13.2 Å². The molecule has 1 amide bonds. The summed E-state index contributed by atoms with van der Waals surface area (Å²) in [6.45, 7) is 2.50. The Morgan fingerprint density at radius 3 is 2.53 bits per heavy atom. The first-order valence-corrected chi connectivity index (χ1v) is 9.27. The number of hydrogen-bond acceptors (Lipinski definition) is 5. The fourth-order valence-corrected chi connectivity index (χ4v) is 3.23. The number of nitro groups is 1. The lowest BCUT2D eigenvalue weighted by atomic mass is 10.1. The van der Waals surface area contributed by atoms with E-state index in [2.05, 4.69) is 21.9 Å². The molecule has 0 aromatic heterocycles. The first-order chi connectivity index (χ1) is 14.1. The molecule has 1 aliphatic rings. The highest BCUT2D eigenvalue weighted by Crippen LogP contribution is 2.28. The Morgan fingerprint density at radius 1 is 1.27 bits per heavy atom. The number of hydrogen-bond donors (Lipinski definition) is 1. The van der Waals surface area contributed by atoms with Gasteiger partial charge < -0.3 is 15.0 Å². The van der Waals surface area contributed by atoms with Gasteiger partial charge in [0.15, 0.2) is 6.61 Å². The quantitative estimate of drug-likeness (QED) is 0.541. The van der Waals surface area contributed by atoms with Crippen molar-refractivity contribution in [2.45, 2.75) is 19.5 Å². The zero-order valence-corrected chi connectivity index (χ0v) is 16.1. The summed E-state index contributed by atoms with van der Waals surface area (Å²) in [4.78, 5) is 25.2. The lowest BCUT2D eigenvalue weighted by Gasteiger charge is -2.18. The Balaban J connectivity index is 1.75. The number of benzene rings is 2. The number of halogens is 3. The second kappa shape index (κ2) is 8.60. The number of carbonyl (C=O) groups is 1. The number of alkyl halides is 3. The third-order valence-corrected chi connectivity index (χ3v) is 4.73. The molecule has 2 aromatic rings. The van der Waals surface area contributed by atoms with Crippen LogP contribution in [-0.2, 0) is 0 Å². The van der Waals surface area contributed by atoms with Crippen molar-refractivity contribution in [3.63, 3.8) is 0 Å². The third-order valence-electron chi connectivity index (χ3n) is 4.73. The average Bonchev–Trinajstić information content (AvgIpc) is 3.12. The Labute approximate surface area is 170 Å². The maximum absolute atomic E-state index is 12.6. The zero-order chi connectivity index (χ0) is 21.9. The maximum atomic E-state index is 12.6. The fourth-order valence-electron chi connectivity index (χ4n) is 3.23. The summed E-state index contributed by atoms with van der Waals surface area (Å²) in [5, 5.41) is 13.8. The summed E-state index contributed by atoms with van der Waals surface area (Å²) in [5.41, 5.74) is 0.490. The van der Waals surface area contributed by atoms with Gasteiger partial charge in [-0.05, 0) is 48.7 Å². The van der Waals surface area contributed by atoms with Gasteiger partial charge in [-0.1, -0.05) is 6.92 Å². The highest BCUT2D eigenvalue weighted by atomic mass is 19.4. The van der Waals surface area contributed by atoms with Crippen molar-refractivity contribution in [2.75, 3.05) is 29.9 Å². The van der Waals surface area contributed by atoms with Gasteiger partial charge in [-0.15, -0.1) is 0 Å². The van der Waals surface area contributed by atoms with Crippen molar-refractivity contribution >= 4 is 23.0 Å². The lowest BCUT2D eigenvalue weighted by Crippen LogP contribution is -2.20. The second-order valence-electron chi connectivity index (χ2n) is 7.18. The molecule has 1 aliphatic heterocycles. The molecule has 1 unspecified atom stereocenters. The molecule has 2 aromatic carbocycles. The van der Waals surface area contributed by atoms with Crippen LogP contribution in [0.5, 0.6) is 5.75 Å². The standard InChI is InChI=1S/C20H20F3N3O4/c1-13-8-9-25(11-13)15-4-2-14(3-5-15)24-19(27)17-10-16(30-12-20(21,22)23)6-7-18(17)26(28)29/h2-7,10,13H,8-9,11-12H2,1H3,(H,24,27). The fraction of sp³-hybridized carbons (Fsp3) is 0.350. The van der Waals surface area contributed by atoms with Crippen LogP contribution in [0.15, 0.2) is 42.5 Å². The molecule has 10 heteroatoms. The van der Waals surface area contributed by atoms with E-state index in [0.717, 1.165) is 43.4 Å². The molecule has 1 atom stereocenters. The van der Waals surface area contributed by atoms with Gasteiger partial charge >= 0.3 is 6.18 Å². The van der Waals surface area contributed by atoms with Gasteiger partial charge in [0.1, 0.15) is 11.3 Å². The zero-order valence-electron chi connectivity index (χ0n) is 16.1. The Hall–Kier alpha value is -3.30. The molecule has 7 nitrogen and oxygen atoms in total. The van der Waals surface area contributed by atoms with Crippen LogP contribution in [0.2, 0.25) is 0 Å². The smallest absolute Gasteiger partial charge is 0.422 e. The van der Waals surface area contributed by atoms with Crippen LogP contribution >= 0.6 is 0 Å². The molecule has 160 valence electrons. The lowest BCUT2D eigenvalue weighted by molar-refractivity contribution is -0.385. The Bertz CT molecular complexity index is 932. The van der Waals surface area contributed by atoms with E-state index in [1.165, 1.54) is 0 Å². The molecule has 1 saturated heterocycles. The van der Waals surface area contributed by atoms with Gasteiger partial charge in [0.05, 0.1) is 4.92 Å². The number of carbonyl (C=O) groups excluding carboxylic acids is 1. The number of amides is 1. The van der Waals surface area contributed by atoms with Crippen molar-refractivity contribution in [2.24, 2.45) is 5.92 Å². The number of nitrogens with one attached hydrogen (secondary N) is 1. The molecule has 0 aliphatic carbocycles. The summed E-state index contributed by atoms with van der Waals surface area (Å²) in [7, 11) is 0. The van der Waals surface area contributed by atoms with Crippen molar-refractivity contribution in [1.29, 1.82) is 0 Å². The topological polar surface area (TPSA) is 84.7 Å². The molecule has 0 radical (unpaired) electrons. The number of nitrogens with zero attached hydrogens (tertiary/aromatic N) is 2. The number of nitro benzene ring substituents is 1. The maximum Gasteiger partial charge on any atom is 0.422 e. The van der Waals surface area contributed by atoms with Crippen LogP contribution in [0.1, 0.15) is 23.7 Å². The van der Waals surface area contributed by atoms with Crippen LogP contribution in [0.4, 0.5) is 30.2 Å². The molecule has 1 heterocycles. The average molecular weight is 423 g/mol. The molecule has 1 fully saturated rings. The summed E-state index contributed by atoms with van der Waals surface area (Å²) in [6.07, 6.45) is -3.46. The second-order valence-corrected chi connectivity index (χ2v) is 7.18. The summed E-state index contributed by atoms with van der Waals surface area (Å²) >= 11 is 0. The van der Waals surface area contributed by atoms with Gasteiger partial charge in [0, 0.05) is 30.5 Å². The monoisotopic (exact) mass is 423 g/mol. The van der Waals surface area contributed by atoms with Gasteiger partial charge in [-0.25, -0.2) is 0 Å². The van der Waals surface area contributed by atoms with Crippen LogP contribution < -0.4 is 15.0 Å². The van der Waals surface area contributed by atoms with Crippen LogP contribution in [0, 0.1) is 16.0 Å². The minimum absolute atomic E-state index is 0.290. The summed E-state index contributed by atoms with van der Waals surface area (Å²) in [5.74, 6) is -0.500. The van der Waals surface area contributed by atoms with Crippen LogP contribution in [-0.4, -0.2) is 36.7 Å². The molecule has 0 spiro atoms. The number of ether oxygens (including phenoxy) is 1. The van der Waals surface area contributed by atoms with Gasteiger partial charge in [0.2, 0.25) is 0 Å². The van der Waals surface area contributed by atoms with E-state index in [1.54, 1.807) is 12.1 Å². The molecule has 1 N–H and O–H groups in total. The van der Waals surface area contributed by atoms with E-state index in [0.29, 0.717) is 11.6 Å². The number of rotatable bonds is 6. The highest BCUT2D eigenvalue weighted by molar-refractivity contribution is 6.07. The SMILES string of the molecule is CC1CCN(c2ccc(NC(=O)c3cc(OCC(F)(F)F)ccc3[N+](=O)[O-])cc2)C1. The molecule has 30 heavy (non-hydrogen) atoms.